The van der Waals surface area contributed by atoms with E-state index in [2.05, 4.69) is 15.5 Å². The maximum absolute atomic E-state index is 13.4. The molecule has 2 aromatic rings. The summed E-state index contributed by atoms with van der Waals surface area (Å²) >= 11 is 0. The highest BCUT2D eigenvalue weighted by Crippen LogP contribution is 2.17. The Balaban J connectivity index is 1.51. The molecule has 0 saturated carbocycles. The zero-order valence-corrected chi connectivity index (χ0v) is 12.5. The summed E-state index contributed by atoms with van der Waals surface area (Å²) < 4.78 is 24.3. The molecule has 1 amide bonds. The molecular weight excluding hydrogens is 301 g/mol. The Labute approximate surface area is 133 Å². The fraction of sp³-hybridized carbons (Fsp3) is 0.375. The molecule has 1 fully saturated rings. The quantitative estimate of drug-likeness (QED) is 0.854. The van der Waals surface area contributed by atoms with Crippen LogP contribution in [0.15, 0.2) is 30.3 Å². The Morgan fingerprint density at radius 1 is 1.48 bits per heavy atom. The smallest absolute Gasteiger partial charge is 0.271 e. The molecule has 3 rings (SSSR count). The number of halogens is 1. The Morgan fingerprint density at radius 2 is 2.35 bits per heavy atom. The van der Waals surface area contributed by atoms with Crippen LogP contribution in [-0.2, 0) is 11.3 Å². The summed E-state index contributed by atoms with van der Waals surface area (Å²) in [4.78, 5) is 12.0. The molecule has 0 radical (unpaired) electrons. The van der Waals surface area contributed by atoms with E-state index < -0.39 is 5.82 Å². The van der Waals surface area contributed by atoms with Crippen molar-refractivity contribution in [3.05, 3.63) is 47.5 Å². The third kappa shape index (κ3) is 4.07. The van der Waals surface area contributed by atoms with E-state index >= 15 is 0 Å². The van der Waals surface area contributed by atoms with Gasteiger partial charge in [0.25, 0.3) is 5.91 Å². The van der Waals surface area contributed by atoms with Gasteiger partial charge in [0.05, 0.1) is 11.8 Å². The summed E-state index contributed by atoms with van der Waals surface area (Å²) in [6, 6.07) is 7.74. The van der Waals surface area contributed by atoms with Crippen LogP contribution < -0.4 is 10.1 Å². The van der Waals surface area contributed by atoms with Crippen molar-refractivity contribution in [1.29, 1.82) is 0 Å². The zero-order chi connectivity index (χ0) is 16.1. The number of H-pyrrole nitrogens is 1. The predicted molar refractivity (Wildman–Crippen MR) is 80.6 cm³/mol. The molecule has 1 aromatic carbocycles. The van der Waals surface area contributed by atoms with Crippen LogP contribution in [0.1, 0.15) is 29.0 Å². The van der Waals surface area contributed by atoms with Gasteiger partial charge >= 0.3 is 0 Å². The molecule has 1 aliphatic rings. The highest BCUT2D eigenvalue weighted by molar-refractivity contribution is 5.92. The van der Waals surface area contributed by atoms with Gasteiger partial charge in [0.15, 0.2) is 11.6 Å². The largest absolute Gasteiger partial charge is 0.484 e. The summed E-state index contributed by atoms with van der Waals surface area (Å²) in [7, 11) is 0. The Hall–Kier alpha value is -2.41. The number of carbonyl (C=O) groups excluding carboxylic acids is 1. The number of hydrogen-bond acceptors (Lipinski definition) is 4. The lowest BCUT2D eigenvalue weighted by atomic mass is 10.2. The van der Waals surface area contributed by atoms with Gasteiger partial charge in [-0.3, -0.25) is 9.89 Å². The normalized spacial score (nSPS) is 17.2. The molecule has 1 unspecified atom stereocenters. The van der Waals surface area contributed by atoms with Gasteiger partial charge in [-0.1, -0.05) is 12.1 Å². The first-order valence-corrected chi connectivity index (χ1v) is 7.54. The molecule has 2 heterocycles. The average Bonchev–Trinajstić information content (AvgIpc) is 3.23. The number of ether oxygens (including phenoxy) is 2. The average molecular weight is 319 g/mol. The van der Waals surface area contributed by atoms with Gasteiger partial charge in [-0.05, 0) is 31.0 Å². The monoisotopic (exact) mass is 319 g/mol. The number of carbonyl (C=O) groups is 1. The molecule has 0 bridgehead atoms. The van der Waals surface area contributed by atoms with Crippen molar-refractivity contribution in [2.24, 2.45) is 0 Å². The lowest BCUT2D eigenvalue weighted by Gasteiger charge is -2.09. The Bertz CT molecular complexity index is 668. The minimum atomic E-state index is -0.429. The molecule has 0 spiro atoms. The van der Waals surface area contributed by atoms with Crippen LogP contribution in [0.5, 0.6) is 5.75 Å². The summed E-state index contributed by atoms with van der Waals surface area (Å²) in [6.45, 7) is 1.33. The van der Waals surface area contributed by atoms with E-state index in [9.17, 15) is 9.18 Å². The number of aromatic nitrogens is 2. The first-order valence-electron chi connectivity index (χ1n) is 7.54. The number of nitrogens with zero attached hydrogens (tertiary/aromatic N) is 1. The van der Waals surface area contributed by atoms with Gasteiger partial charge < -0.3 is 14.8 Å². The molecule has 122 valence electrons. The van der Waals surface area contributed by atoms with E-state index in [1.165, 1.54) is 6.07 Å². The number of nitrogens with one attached hydrogen (secondary N) is 2. The van der Waals surface area contributed by atoms with E-state index in [4.69, 9.17) is 9.47 Å². The molecule has 23 heavy (non-hydrogen) atoms. The van der Waals surface area contributed by atoms with Crippen LogP contribution in [0, 0.1) is 5.82 Å². The van der Waals surface area contributed by atoms with Crippen molar-refractivity contribution in [3.63, 3.8) is 0 Å². The minimum Gasteiger partial charge on any atom is -0.484 e. The molecule has 0 aliphatic carbocycles. The second-order valence-electron chi connectivity index (χ2n) is 5.34. The van der Waals surface area contributed by atoms with Crippen molar-refractivity contribution >= 4 is 5.91 Å². The van der Waals surface area contributed by atoms with Gasteiger partial charge in [-0.15, -0.1) is 0 Å². The van der Waals surface area contributed by atoms with Crippen LogP contribution in [0.3, 0.4) is 0 Å². The maximum Gasteiger partial charge on any atom is 0.271 e. The first kappa shape index (κ1) is 15.5. The molecule has 6 nitrogen and oxygen atoms in total. The SMILES string of the molecule is O=C(NCC1CCCO1)c1cc(COc2ccccc2F)[nH]n1. The third-order valence-electron chi connectivity index (χ3n) is 3.60. The van der Waals surface area contributed by atoms with Gasteiger partial charge in [0.2, 0.25) is 0 Å². The van der Waals surface area contributed by atoms with Crippen molar-refractivity contribution in [2.45, 2.75) is 25.6 Å². The molecule has 7 heteroatoms. The summed E-state index contributed by atoms with van der Waals surface area (Å²) in [5, 5.41) is 9.45. The van der Waals surface area contributed by atoms with E-state index in [1.54, 1.807) is 24.3 Å². The number of rotatable bonds is 6. The first-order chi connectivity index (χ1) is 11.2. The maximum atomic E-state index is 13.4. The number of aromatic amines is 1. The second kappa shape index (κ2) is 7.23. The molecule has 1 atom stereocenters. The molecule has 1 saturated heterocycles. The van der Waals surface area contributed by atoms with Crippen LogP contribution >= 0.6 is 0 Å². The van der Waals surface area contributed by atoms with Crippen molar-refractivity contribution in [1.82, 2.24) is 15.5 Å². The molecule has 2 N–H and O–H groups in total. The Kier molecular flexibility index (Phi) is 4.87. The fourth-order valence-corrected chi connectivity index (χ4v) is 2.37. The van der Waals surface area contributed by atoms with E-state index in [1.807, 2.05) is 0 Å². The van der Waals surface area contributed by atoms with Crippen LogP contribution in [0.2, 0.25) is 0 Å². The lowest BCUT2D eigenvalue weighted by Crippen LogP contribution is -2.31. The summed E-state index contributed by atoms with van der Waals surface area (Å²) in [5.41, 5.74) is 0.866. The van der Waals surface area contributed by atoms with Gasteiger partial charge in [0.1, 0.15) is 12.3 Å². The van der Waals surface area contributed by atoms with Crippen molar-refractivity contribution < 1.29 is 18.7 Å². The zero-order valence-electron chi connectivity index (χ0n) is 12.5. The van der Waals surface area contributed by atoms with E-state index in [-0.39, 0.29) is 30.1 Å². The number of para-hydroxylation sites is 1. The van der Waals surface area contributed by atoms with E-state index in [0.29, 0.717) is 12.2 Å². The van der Waals surface area contributed by atoms with Gasteiger partial charge in [-0.25, -0.2) is 4.39 Å². The highest BCUT2D eigenvalue weighted by atomic mass is 19.1. The van der Waals surface area contributed by atoms with Crippen LogP contribution in [0.25, 0.3) is 0 Å². The van der Waals surface area contributed by atoms with Crippen LogP contribution in [-0.4, -0.2) is 35.4 Å². The molecule has 1 aliphatic heterocycles. The molecular formula is C16H18FN3O3. The second-order valence-corrected chi connectivity index (χ2v) is 5.34. The topological polar surface area (TPSA) is 76.2 Å². The standard InChI is InChI=1S/C16H18FN3O3/c17-13-5-1-2-6-15(13)23-10-11-8-14(20-19-11)16(21)18-9-12-4-3-7-22-12/h1-2,5-6,8,12H,3-4,7,9-10H2,(H,18,21)(H,19,20). The summed E-state index contributed by atoms with van der Waals surface area (Å²) in [5.74, 6) is -0.540. The minimum absolute atomic E-state index is 0.0850. The summed E-state index contributed by atoms with van der Waals surface area (Å²) in [6.07, 6.45) is 2.07. The van der Waals surface area contributed by atoms with E-state index in [0.717, 1.165) is 19.4 Å². The van der Waals surface area contributed by atoms with Crippen LogP contribution in [0.4, 0.5) is 4.39 Å². The van der Waals surface area contributed by atoms with Crippen molar-refractivity contribution in [3.8, 4) is 5.75 Å². The fourth-order valence-electron chi connectivity index (χ4n) is 2.37. The number of benzene rings is 1. The lowest BCUT2D eigenvalue weighted by molar-refractivity contribution is 0.0853. The third-order valence-corrected chi connectivity index (χ3v) is 3.60. The van der Waals surface area contributed by atoms with Gasteiger partial charge in [0, 0.05) is 13.2 Å². The highest BCUT2D eigenvalue weighted by Gasteiger charge is 2.18. The number of hydrogen-bond donors (Lipinski definition) is 2. The van der Waals surface area contributed by atoms with Gasteiger partial charge in [-0.2, -0.15) is 5.10 Å². The Morgan fingerprint density at radius 3 is 3.13 bits per heavy atom. The molecule has 1 aromatic heterocycles. The number of amides is 1. The predicted octanol–water partition coefficient (Wildman–Crippen LogP) is 2.04. The van der Waals surface area contributed by atoms with Crippen molar-refractivity contribution in [2.75, 3.05) is 13.2 Å².